The van der Waals surface area contributed by atoms with Crippen molar-refractivity contribution < 1.29 is 0 Å². The Morgan fingerprint density at radius 2 is 2.38 bits per heavy atom. The summed E-state index contributed by atoms with van der Waals surface area (Å²) in [6, 6.07) is 3.79. The number of imidazole rings is 1. The molecule has 0 bridgehead atoms. The average molecular weight is 214 g/mol. The first-order chi connectivity index (χ1) is 6.29. The number of nitrogens with two attached hydrogens (primary N) is 1. The molecule has 2 rings (SSSR count). The van der Waals surface area contributed by atoms with Gasteiger partial charge in [-0.25, -0.2) is 4.98 Å². The van der Waals surface area contributed by atoms with Crippen molar-refractivity contribution in [1.82, 2.24) is 9.97 Å². The summed E-state index contributed by atoms with van der Waals surface area (Å²) in [6.07, 6.45) is 1.74. The fourth-order valence-electron chi connectivity index (χ4n) is 1.03. The third-order valence-corrected chi connectivity index (χ3v) is 2.89. The molecule has 0 amide bonds. The molecule has 0 radical (unpaired) electrons. The van der Waals surface area contributed by atoms with Crippen LogP contribution >= 0.6 is 22.9 Å². The zero-order valence-electron chi connectivity index (χ0n) is 6.75. The van der Waals surface area contributed by atoms with Crippen molar-refractivity contribution in [2.75, 3.05) is 0 Å². The number of aromatic nitrogens is 2. The number of H-pyrrole nitrogens is 1. The summed E-state index contributed by atoms with van der Waals surface area (Å²) in [5.74, 6) is 0.831. The molecule has 68 valence electrons. The van der Waals surface area contributed by atoms with E-state index in [-0.39, 0.29) is 0 Å². The summed E-state index contributed by atoms with van der Waals surface area (Å²) in [7, 11) is 0. The molecule has 0 unspecified atom stereocenters. The highest BCUT2D eigenvalue weighted by Gasteiger charge is 2.04. The summed E-state index contributed by atoms with van der Waals surface area (Å²) >= 11 is 7.30. The Morgan fingerprint density at radius 3 is 2.92 bits per heavy atom. The van der Waals surface area contributed by atoms with Gasteiger partial charge in [0.1, 0.15) is 5.82 Å². The third kappa shape index (κ3) is 1.75. The maximum Gasteiger partial charge on any atom is 0.147 e. The van der Waals surface area contributed by atoms with Crippen LogP contribution in [0.1, 0.15) is 5.69 Å². The molecular weight excluding hydrogens is 206 g/mol. The minimum atomic E-state index is 0.478. The molecular formula is C8H8ClN3S. The summed E-state index contributed by atoms with van der Waals surface area (Å²) in [5, 5.41) is 0. The molecule has 0 spiro atoms. The molecule has 13 heavy (non-hydrogen) atoms. The summed E-state index contributed by atoms with van der Waals surface area (Å²) in [6.45, 7) is 0.478. The Balaban J connectivity index is 2.35. The lowest BCUT2D eigenvalue weighted by molar-refractivity contribution is 1.01. The van der Waals surface area contributed by atoms with Crippen molar-refractivity contribution in [2.45, 2.75) is 6.54 Å². The fourth-order valence-corrected chi connectivity index (χ4v) is 2.02. The highest BCUT2D eigenvalue weighted by Crippen LogP contribution is 2.28. The maximum absolute atomic E-state index is 5.80. The van der Waals surface area contributed by atoms with Crippen molar-refractivity contribution in [1.29, 1.82) is 0 Å². The number of aromatic amines is 1. The van der Waals surface area contributed by atoms with Crippen LogP contribution in [-0.4, -0.2) is 9.97 Å². The predicted octanol–water partition coefficient (Wildman–Crippen LogP) is 2.25. The average Bonchev–Trinajstić information content (AvgIpc) is 2.71. The second-order valence-corrected chi connectivity index (χ2v) is 4.28. The van der Waals surface area contributed by atoms with Gasteiger partial charge in [0.2, 0.25) is 0 Å². The highest BCUT2D eigenvalue weighted by atomic mass is 35.5. The molecule has 0 atom stereocenters. The first kappa shape index (κ1) is 8.74. The van der Waals surface area contributed by atoms with E-state index in [1.807, 2.05) is 12.1 Å². The second kappa shape index (κ2) is 3.49. The molecule has 0 aliphatic carbocycles. The third-order valence-electron chi connectivity index (χ3n) is 1.65. The van der Waals surface area contributed by atoms with Crippen molar-refractivity contribution >= 4 is 22.9 Å². The lowest BCUT2D eigenvalue weighted by atomic mass is 10.4. The van der Waals surface area contributed by atoms with Gasteiger partial charge >= 0.3 is 0 Å². The first-order valence-corrected chi connectivity index (χ1v) is 4.98. The summed E-state index contributed by atoms with van der Waals surface area (Å²) in [5.41, 5.74) is 6.38. The van der Waals surface area contributed by atoms with Crippen LogP contribution in [0.5, 0.6) is 0 Å². The predicted molar refractivity (Wildman–Crippen MR) is 54.8 cm³/mol. The van der Waals surface area contributed by atoms with Gasteiger partial charge in [0, 0.05) is 18.4 Å². The Bertz CT molecular complexity index is 407. The Morgan fingerprint density at radius 1 is 1.54 bits per heavy atom. The number of halogens is 1. The van der Waals surface area contributed by atoms with Crippen LogP contribution in [0.4, 0.5) is 0 Å². The van der Waals surface area contributed by atoms with E-state index in [9.17, 15) is 0 Å². The standard InChI is InChI=1S/C8H8ClN3S/c9-7-2-1-6(13-7)8-11-4-5(3-10)12-8/h1-2,4H,3,10H2,(H,11,12). The lowest BCUT2D eigenvalue weighted by Gasteiger charge is -1.88. The minimum absolute atomic E-state index is 0.478. The molecule has 3 N–H and O–H groups in total. The monoisotopic (exact) mass is 213 g/mol. The molecule has 5 heteroatoms. The van der Waals surface area contributed by atoms with Crippen molar-refractivity contribution in [2.24, 2.45) is 5.73 Å². The van der Waals surface area contributed by atoms with Crippen LogP contribution in [0.15, 0.2) is 18.3 Å². The van der Waals surface area contributed by atoms with Gasteiger partial charge in [0.15, 0.2) is 0 Å². The molecule has 2 aromatic rings. The molecule has 0 aliphatic rings. The van der Waals surface area contributed by atoms with E-state index in [1.54, 1.807) is 6.20 Å². The zero-order valence-corrected chi connectivity index (χ0v) is 8.32. The van der Waals surface area contributed by atoms with E-state index in [4.69, 9.17) is 17.3 Å². The highest BCUT2D eigenvalue weighted by molar-refractivity contribution is 7.19. The Labute approximate surface area is 84.6 Å². The van der Waals surface area contributed by atoms with Crippen LogP contribution in [0.2, 0.25) is 4.34 Å². The molecule has 3 nitrogen and oxygen atoms in total. The van der Waals surface area contributed by atoms with Crippen molar-refractivity contribution in [3.05, 3.63) is 28.4 Å². The molecule has 0 fully saturated rings. The quantitative estimate of drug-likeness (QED) is 0.804. The second-order valence-electron chi connectivity index (χ2n) is 2.56. The topological polar surface area (TPSA) is 54.7 Å². The van der Waals surface area contributed by atoms with Crippen LogP contribution in [0.25, 0.3) is 10.7 Å². The number of hydrogen-bond donors (Lipinski definition) is 2. The van der Waals surface area contributed by atoms with Gasteiger partial charge < -0.3 is 10.7 Å². The number of thiophene rings is 1. The van der Waals surface area contributed by atoms with Gasteiger partial charge in [0.05, 0.1) is 9.21 Å². The number of nitrogens with zero attached hydrogens (tertiary/aromatic N) is 1. The molecule has 2 aromatic heterocycles. The molecule has 2 heterocycles. The number of hydrogen-bond acceptors (Lipinski definition) is 3. The number of rotatable bonds is 2. The minimum Gasteiger partial charge on any atom is -0.340 e. The lowest BCUT2D eigenvalue weighted by Crippen LogP contribution is -1.95. The van der Waals surface area contributed by atoms with E-state index < -0.39 is 0 Å². The SMILES string of the molecule is NCc1cnc(-c2ccc(Cl)s2)[nH]1. The Hall–Kier alpha value is -0.840. The van der Waals surface area contributed by atoms with E-state index in [0.717, 1.165) is 20.7 Å². The van der Waals surface area contributed by atoms with Crippen LogP contribution < -0.4 is 5.73 Å². The van der Waals surface area contributed by atoms with E-state index >= 15 is 0 Å². The van der Waals surface area contributed by atoms with Gasteiger partial charge in [-0.3, -0.25) is 0 Å². The van der Waals surface area contributed by atoms with Gasteiger partial charge in [0.25, 0.3) is 0 Å². The Kier molecular flexibility index (Phi) is 2.35. The molecule has 0 aliphatic heterocycles. The van der Waals surface area contributed by atoms with Gasteiger partial charge in [-0.15, -0.1) is 11.3 Å². The zero-order chi connectivity index (χ0) is 9.26. The van der Waals surface area contributed by atoms with Crippen molar-refractivity contribution in [3.63, 3.8) is 0 Å². The van der Waals surface area contributed by atoms with Gasteiger partial charge in [-0.2, -0.15) is 0 Å². The van der Waals surface area contributed by atoms with E-state index in [2.05, 4.69) is 9.97 Å². The van der Waals surface area contributed by atoms with Gasteiger partial charge in [-0.05, 0) is 12.1 Å². The maximum atomic E-state index is 5.80. The fraction of sp³-hybridized carbons (Fsp3) is 0.125. The normalized spacial score (nSPS) is 10.6. The van der Waals surface area contributed by atoms with Crippen LogP contribution in [-0.2, 0) is 6.54 Å². The molecule has 0 saturated heterocycles. The summed E-state index contributed by atoms with van der Waals surface area (Å²) in [4.78, 5) is 8.33. The molecule has 0 aromatic carbocycles. The first-order valence-electron chi connectivity index (χ1n) is 3.79. The largest absolute Gasteiger partial charge is 0.340 e. The smallest absolute Gasteiger partial charge is 0.147 e. The van der Waals surface area contributed by atoms with Crippen molar-refractivity contribution in [3.8, 4) is 10.7 Å². The van der Waals surface area contributed by atoms with Gasteiger partial charge in [-0.1, -0.05) is 11.6 Å². The summed E-state index contributed by atoms with van der Waals surface area (Å²) < 4.78 is 0.765. The van der Waals surface area contributed by atoms with Crippen LogP contribution in [0, 0.1) is 0 Å². The molecule has 0 saturated carbocycles. The van der Waals surface area contributed by atoms with E-state index in [0.29, 0.717) is 6.54 Å². The number of nitrogens with one attached hydrogen (secondary N) is 1. The van der Waals surface area contributed by atoms with Crippen LogP contribution in [0.3, 0.4) is 0 Å². The van der Waals surface area contributed by atoms with E-state index in [1.165, 1.54) is 11.3 Å².